The Labute approximate surface area is 272 Å². The lowest BCUT2D eigenvalue weighted by molar-refractivity contribution is -0.141. The molecule has 11 heteroatoms. The van der Waals surface area contributed by atoms with E-state index in [1.807, 2.05) is 6.92 Å². The highest BCUT2D eigenvalue weighted by atomic mass is 32.2. The minimum atomic E-state index is -4.61. The summed E-state index contributed by atoms with van der Waals surface area (Å²) in [6.07, 6.45) is 15.6. The summed E-state index contributed by atoms with van der Waals surface area (Å²) < 4.78 is 63.2. The van der Waals surface area contributed by atoms with Gasteiger partial charge >= 0.3 is 12.1 Å². The van der Waals surface area contributed by atoms with Crippen LogP contribution >= 0.6 is 0 Å². The maximum absolute atomic E-state index is 13.1. The van der Waals surface area contributed by atoms with Gasteiger partial charge in [-0.2, -0.15) is 18.3 Å². The monoisotopic (exact) mass is 665 g/mol. The van der Waals surface area contributed by atoms with E-state index in [2.05, 4.69) is 12.0 Å². The van der Waals surface area contributed by atoms with Gasteiger partial charge in [0, 0.05) is 12.0 Å². The van der Waals surface area contributed by atoms with Gasteiger partial charge in [0.1, 0.15) is 0 Å². The van der Waals surface area contributed by atoms with Gasteiger partial charge in [-0.05, 0) is 43.7 Å². The second-order valence-electron chi connectivity index (χ2n) is 11.8. The van der Waals surface area contributed by atoms with Gasteiger partial charge < -0.3 is 5.11 Å². The number of nitrogens with zero attached hydrogens (tertiary/aromatic N) is 2. The van der Waals surface area contributed by atoms with Gasteiger partial charge in [0.15, 0.2) is 5.69 Å². The lowest BCUT2D eigenvalue weighted by Gasteiger charge is -2.09. The number of carboxylic acids is 1. The van der Waals surface area contributed by atoms with Crippen LogP contribution in [0.3, 0.4) is 0 Å². The molecule has 46 heavy (non-hydrogen) atoms. The molecule has 0 spiro atoms. The third kappa shape index (κ3) is 14.9. The molecule has 1 aromatic heterocycles. The van der Waals surface area contributed by atoms with Crippen molar-refractivity contribution >= 4 is 16.0 Å². The van der Waals surface area contributed by atoms with Crippen molar-refractivity contribution in [3.63, 3.8) is 0 Å². The molecule has 0 fully saturated rings. The fraction of sp³-hybridized carbons (Fsp3) is 0.543. The fourth-order valence-corrected chi connectivity index (χ4v) is 5.59. The van der Waals surface area contributed by atoms with Gasteiger partial charge in [-0.1, -0.05) is 127 Å². The number of benzene rings is 2. The first-order chi connectivity index (χ1) is 21.8. The van der Waals surface area contributed by atoms with E-state index in [0.717, 1.165) is 29.2 Å². The number of carbonyl (C=O) groups is 1. The number of rotatable bonds is 19. The van der Waals surface area contributed by atoms with E-state index in [1.54, 1.807) is 24.3 Å². The molecule has 0 saturated heterocycles. The quantitative estimate of drug-likeness (QED) is 0.124. The van der Waals surface area contributed by atoms with Gasteiger partial charge in [0.05, 0.1) is 16.3 Å². The Morgan fingerprint density at radius 1 is 0.783 bits per heavy atom. The Kier molecular flexibility index (Phi) is 17.1. The first-order valence-electron chi connectivity index (χ1n) is 16.4. The average molecular weight is 666 g/mol. The van der Waals surface area contributed by atoms with Crippen LogP contribution in [0.1, 0.15) is 121 Å². The minimum Gasteiger partial charge on any atom is -0.481 e. The van der Waals surface area contributed by atoms with Crippen LogP contribution in [0, 0.1) is 6.92 Å². The van der Waals surface area contributed by atoms with E-state index in [1.165, 1.54) is 108 Å². The van der Waals surface area contributed by atoms with Gasteiger partial charge in [0.2, 0.25) is 10.0 Å². The molecule has 256 valence electrons. The van der Waals surface area contributed by atoms with E-state index in [4.69, 9.17) is 10.2 Å². The molecule has 0 aliphatic carbocycles. The summed E-state index contributed by atoms with van der Waals surface area (Å²) in [5.74, 6) is -0.653. The molecule has 0 atom stereocenters. The van der Waals surface area contributed by atoms with Crippen molar-refractivity contribution in [3.8, 4) is 16.9 Å². The summed E-state index contributed by atoms with van der Waals surface area (Å²) in [4.78, 5) is 10.2. The third-order valence-electron chi connectivity index (χ3n) is 7.75. The smallest absolute Gasteiger partial charge is 0.435 e. The molecule has 0 bridgehead atoms. The molecule has 0 aliphatic rings. The highest BCUT2D eigenvalue weighted by Crippen LogP contribution is 2.33. The highest BCUT2D eigenvalue weighted by Gasteiger charge is 2.35. The average Bonchev–Trinajstić information content (AvgIpc) is 3.46. The van der Waals surface area contributed by atoms with Crippen LogP contribution in [0.5, 0.6) is 0 Å². The molecule has 1 heterocycles. The summed E-state index contributed by atoms with van der Waals surface area (Å²) >= 11 is 0. The SMILES string of the molecule is CCCCCCCCCCCCCCCCCC(=O)O.Cc1ccc(-c2cc(C(F)(F)F)nn2-c2ccc(S(N)(=O)=O)cc2)cc1. The minimum absolute atomic E-state index is 0.138. The largest absolute Gasteiger partial charge is 0.481 e. The number of aryl methyl sites for hydroxylation is 1. The van der Waals surface area contributed by atoms with Crippen LogP contribution in [-0.2, 0) is 21.0 Å². The lowest BCUT2D eigenvalue weighted by Crippen LogP contribution is -2.12. The van der Waals surface area contributed by atoms with Crippen molar-refractivity contribution in [3.05, 3.63) is 65.9 Å². The van der Waals surface area contributed by atoms with Crippen LogP contribution in [0.4, 0.5) is 13.2 Å². The van der Waals surface area contributed by atoms with Gasteiger partial charge in [-0.15, -0.1) is 0 Å². The van der Waals surface area contributed by atoms with Crippen molar-refractivity contribution in [1.82, 2.24) is 9.78 Å². The Morgan fingerprint density at radius 3 is 1.65 bits per heavy atom. The normalized spacial score (nSPS) is 11.7. The number of hydrogen-bond acceptors (Lipinski definition) is 4. The molecule has 2 aromatic carbocycles. The zero-order valence-electron chi connectivity index (χ0n) is 27.2. The summed E-state index contributed by atoms with van der Waals surface area (Å²) in [7, 11) is -3.90. The molecule has 0 unspecified atom stereocenters. The first-order valence-corrected chi connectivity index (χ1v) is 18.0. The summed E-state index contributed by atoms with van der Waals surface area (Å²) in [5, 5.41) is 17.2. The number of halogens is 3. The Hall–Kier alpha value is -3.18. The van der Waals surface area contributed by atoms with Crippen LogP contribution in [-0.4, -0.2) is 29.3 Å². The standard InChI is InChI=1S/C18H36O2.C17H14F3N3O2S/c1-2-3-4-5-6-7-8-9-10-11-12-13-14-15-16-17-18(19)20;1-11-2-4-12(5-3-11)15-10-16(17(18,19)20)22-23(15)13-6-8-14(9-7-13)26(21,24)25/h2-17H2,1H3,(H,19,20);2-10H,1H3,(H2,21,24,25). The van der Waals surface area contributed by atoms with E-state index in [-0.39, 0.29) is 16.3 Å². The van der Waals surface area contributed by atoms with E-state index in [9.17, 15) is 26.4 Å². The van der Waals surface area contributed by atoms with Crippen LogP contribution in [0.2, 0.25) is 0 Å². The second-order valence-corrected chi connectivity index (χ2v) is 13.4. The van der Waals surface area contributed by atoms with Crippen molar-refractivity contribution in [2.75, 3.05) is 0 Å². The van der Waals surface area contributed by atoms with Crippen LogP contribution < -0.4 is 5.14 Å². The molecule has 0 aliphatic heterocycles. The lowest BCUT2D eigenvalue weighted by atomic mass is 10.0. The van der Waals surface area contributed by atoms with Crippen molar-refractivity contribution in [1.29, 1.82) is 0 Å². The second kappa shape index (κ2) is 20.1. The summed E-state index contributed by atoms with van der Waals surface area (Å²) in [6.45, 7) is 4.14. The van der Waals surface area contributed by atoms with Crippen LogP contribution in [0.15, 0.2) is 59.5 Å². The molecule has 0 radical (unpaired) electrons. The molecule has 0 saturated carbocycles. The number of alkyl halides is 3. The van der Waals surface area contributed by atoms with E-state index >= 15 is 0 Å². The third-order valence-corrected chi connectivity index (χ3v) is 8.68. The molecule has 3 N–H and O–H groups in total. The zero-order chi connectivity index (χ0) is 34.0. The maximum Gasteiger partial charge on any atom is 0.435 e. The summed E-state index contributed by atoms with van der Waals surface area (Å²) in [5.41, 5.74) is 0.996. The number of hydrogen-bond donors (Lipinski definition) is 2. The van der Waals surface area contributed by atoms with Crippen molar-refractivity contribution in [2.24, 2.45) is 5.14 Å². The number of nitrogens with two attached hydrogens (primary N) is 1. The zero-order valence-corrected chi connectivity index (χ0v) is 28.0. The number of aromatic nitrogens is 2. The van der Waals surface area contributed by atoms with E-state index in [0.29, 0.717) is 12.0 Å². The Morgan fingerprint density at radius 2 is 1.24 bits per heavy atom. The molecule has 0 amide bonds. The molecule has 3 aromatic rings. The number of aliphatic carboxylic acids is 1. The Bertz CT molecular complexity index is 1400. The topological polar surface area (TPSA) is 115 Å². The first kappa shape index (κ1) is 39.0. The summed E-state index contributed by atoms with van der Waals surface area (Å²) in [6, 6.07) is 13.1. The molecule has 3 rings (SSSR count). The number of carboxylic acid groups (broad SMARTS) is 1. The van der Waals surface area contributed by atoms with Crippen molar-refractivity contribution < 1.29 is 31.5 Å². The predicted molar refractivity (Wildman–Crippen MR) is 177 cm³/mol. The maximum atomic E-state index is 13.1. The molecule has 7 nitrogen and oxygen atoms in total. The molecular formula is C35H50F3N3O4S. The predicted octanol–water partition coefficient (Wildman–Crippen LogP) is 9.85. The van der Waals surface area contributed by atoms with Gasteiger partial charge in [-0.25, -0.2) is 18.2 Å². The fourth-order valence-electron chi connectivity index (χ4n) is 5.07. The Balaban J connectivity index is 0.000000334. The molecular weight excluding hydrogens is 615 g/mol. The van der Waals surface area contributed by atoms with E-state index < -0.39 is 27.9 Å². The number of unbranched alkanes of at least 4 members (excludes halogenated alkanes) is 14. The van der Waals surface area contributed by atoms with Gasteiger partial charge in [0.25, 0.3) is 0 Å². The van der Waals surface area contributed by atoms with Gasteiger partial charge in [-0.3, -0.25) is 4.79 Å². The van der Waals surface area contributed by atoms with Crippen molar-refractivity contribution in [2.45, 2.75) is 128 Å². The number of primary sulfonamides is 1. The van der Waals surface area contributed by atoms with Crippen LogP contribution in [0.25, 0.3) is 16.9 Å². The number of sulfonamides is 1. The highest BCUT2D eigenvalue weighted by molar-refractivity contribution is 7.89.